The van der Waals surface area contributed by atoms with Crippen LogP contribution in [-0.4, -0.2) is 11.0 Å². The molecule has 3 nitrogen and oxygen atoms in total. The first kappa shape index (κ1) is 14.5. The van der Waals surface area contributed by atoms with Crippen molar-refractivity contribution >= 4 is 15.9 Å². The maximum atomic E-state index is 6.00. The van der Waals surface area contributed by atoms with Gasteiger partial charge in [-0.25, -0.2) is 0 Å². The second-order valence-electron chi connectivity index (χ2n) is 5.50. The monoisotopic (exact) mass is 346 g/mol. The van der Waals surface area contributed by atoms with Crippen molar-refractivity contribution in [2.45, 2.75) is 39.0 Å². The molecule has 0 aliphatic heterocycles. The van der Waals surface area contributed by atoms with Crippen LogP contribution < -0.4 is 10.1 Å². The molecule has 1 N–H and O–H groups in total. The lowest BCUT2D eigenvalue weighted by molar-refractivity contribution is 0.301. The maximum absolute atomic E-state index is 6.00. The van der Waals surface area contributed by atoms with E-state index in [-0.39, 0.29) is 0 Å². The van der Waals surface area contributed by atoms with Crippen LogP contribution in [0.3, 0.4) is 0 Å². The van der Waals surface area contributed by atoms with Gasteiger partial charge in [-0.1, -0.05) is 28.1 Å². The highest BCUT2D eigenvalue weighted by atomic mass is 79.9. The molecule has 1 aliphatic rings. The highest BCUT2D eigenvalue weighted by Gasteiger charge is 2.20. The van der Waals surface area contributed by atoms with Gasteiger partial charge in [0.1, 0.15) is 12.4 Å². The Hall–Kier alpha value is -1.39. The van der Waals surface area contributed by atoms with E-state index in [1.165, 1.54) is 12.8 Å². The van der Waals surface area contributed by atoms with Gasteiger partial charge < -0.3 is 10.1 Å². The third-order valence-electron chi connectivity index (χ3n) is 3.55. The molecule has 0 unspecified atom stereocenters. The minimum absolute atomic E-state index is 0.577. The van der Waals surface area contributed by atoms with E-state index in [0.717, 1.165) is 33.6 Å². The van der Waals surface area contributed by atoms with Crippen LogP contribution in [0.1, 0.15) is 29.7 Å². The summed E-state index contributed by atoms with van der Waals surface area (Å²) in [5, 5.41) is 3.51. The molecule has 110 valence electrons. The first-order valence-corrected chi connectivity index (χ1v) is 8.06. The van der Waals surface area contributed by atoms with Gasteiger partial charge in [-0.05, 0) is 37.5 Å². The van der Waals surface area contributed by atoms with Crippen LogP contribution in [0.25, 0.3) is 0 Å². The van der Waals surface area contributed by atoms with Crippen molar-refractivity contribution in [1.82, 2.24) is 10.3 Å². The van der Waals surface area contributed by atoms with Crippen molar-refractivity contribution in [3.8, 4) is 5.75 Å². The minimum atomic E-state index is 0.577. The number of rotatable bonds is 6. The summed E-state index contributed by atoms with van der Waals surface area (Å²) in [6.07, 6.45) is 4.49. The molecule has 1 saturated carbocycles. The molecule has 2 aromatic rings. The van der Waals surface area contributed by atoms with Gasteiger partial charge in [-0.3, -0.25) is 4.98 Å². The topological polar surface area (TPSA) is 34.1 Å². The number of aromatic nitrogens is 1. The average molecular weight is 347 g/mol. The zero-order valence-corrected chi connectivity index (χ0v) is 13.7. The first-order valence-electron chi connectivity index (χ1n) is 7.27. The van der Waals surface area contributed by atoms with E-state index in [2.05, 4.69) is 38.4 Å². The SMILES string of the molecule is Cc1cc(OCc2ccc(Br)cc2)c(CNC2CC2)cn1. The molecule has 1 aromatic carbocycles. The van der Waals surface area contributed by atoms with Gasteiger partial charge in [0.2, 0.25) is 0 Å². The van der Waals surface area contributed by atoms with Crippen LogP contribution in [0, 0.1) is 6.92 Å². The summed E-state index contributed by atoms with van der Waals surface area (Å²) in [6, 6.07) is 10.9. The molecular weight excluding hydrogens is 328 g/mol. The lowest BCUT2D eigenvalue weighted by atomic mass is 10.2. The Bertz CT molecular complexity index is 609. The number of halogens is 1. The second-order valence-corrected chi connectivity index (χ2v) is 6.42. The van der Waals surface area contributed by atoms with Crippen molar-refractivity contribution in [3.05, 3.63) is 57.8 Å². The predicted molar refractivity (Wildman–Crippen MR) is 87.3 cm³/mol. The number of aryl methyl sites for hydroxylation is 1. The van der Waals surface area contributed by atoms with E-state index < -0.39 is 0 Å². The fraction of sp³-hybridized carbons (Fsp3) is 0.353. The lowest BCUT2D eigenvalue weighted by Gasteiger charge is -2.12. The van der Waals surface area contributed by atoms with E-state index >= 15 is 0 Å². The number of nitrogens with one attached hydrogen (secondary N) is 1. The van der Waals surface area contributed by atoms with Crippen molar-refractivity contribution in [2.24, 2.45) is 0 Å². The lowest BCUT2D eigenvalue weighted by Crippen LogP contribution is -2.16. The molecule has 1 aliphatic carbocycles. The summed E-state index contributed by atoms with van der Waals surface area (Å²) in [4.78, 5) is 4.38. The highest BCUT2D eigenvalue weighted by Crippen LogP contribution is 2.23. The molecule has 3 rings (SSSR count). The molecule has 0 spiro atoms. The van der Waals surface area contributed by atoms with Gasteiger partial charge in [-0.15, -0.1) is 0 Å². The number of hydrogen-bond donors (Lipinski definition) is 1. The molecule has 0 bridgehead atoms. The first-order chi connectivity index (χ1) is 10.2. The number of pyridine rings is 1. The molecule has 0 atom stereocenters. The summed E-state index contributed by atoms with van der Waals surface area (Å²) in [5.74, 6) is 0.929. The zero-order chi connectivity index (χ0) is 14.7. The molecule has 1 heterocycles. The Labute approximate surface area is 133 Å². The molecule has 4 heteroatoms. The fourth-order valence-corrected chi connectivity index (χ4v) is 2.38. The number of nitrogens with zero attached hydrogens (tertiary/aromatic N) is 1. The maximum Gasteiger partial charge on any atom is 0.127 e. The number of hydrogen-bond acceptors (Lipinski definition) is 3. The van der Waals surface area contributed by atoms with Crippen LogP contribution in [0.2, 0.25) is 0 Å². The molecule has 0 amide bonds. The van der Waals surface area contributed by atoms with Crippen molar-refractivity contribution in [1.29, 1.82) is 0 Å². The van der Waals surface area contributed by atoms with Crippen molar-refractivity contribution in [2.75, 3.05) is 0 Å². The van der Waals surface area contributed by atoms with Crippen LogP contribution >= 0.6 is 15.9 Å². The fourth-order valence-electron chi connectivity index (χ4n) is 2.11. The van der Waals surface area contributed by atoms with Gasteiger partial charge in [0, 0.05) is 40.6 Å². The predicted octanol–water partition coefficient (Wildman–Crippen LogP) is 3.98. The largest absolute Gasteiger partial charge is 0.488 e. The third-order valence-corrected chi connectivity index (χ3v) is 4.08. The Morgan fingerprint density at radius 3 is 2.76 bits per heavy atom. The molecule has 1 aromatic heterocycles. The normalized spacial score (nSPS) is 14.2. The summed E-state index contributed by atoms with van der Waals surface area (Å²) < 4.78 is 7.08. The van der Waals surface area contributed by atoms with Crippen molar-refractivity contribution in [3.63, 3.8) is 0 Å². The van der Waals surface area contributed by atoms with Crippen LogP contribution in [-0.2, 0) is 13.2 Å². The van der Waals surface area contributed by atoms with E-state index in [1.54, 1.807) is 0 Å². The Kier molecular flexibility index (Phi) is 4.56. The highest BCUT2D eigenvalue weighted by molar-refractivity contribution is 9.10. The van der Waals surface area contributed by atoms with E-state index in [9.17, 15) is 0 Å². The third kappa shape index (κ3) is 4.29. The smallest absolute Gasteiger partial charge is 0.127 e. The second kappa shape index (κ2) is 6.58. The molecule has 1 fully saturated rings. The zero-order valence-electron chi connectivity index (χ0n) is 12.1. The average Bonchev–Trinajstić information content (AvgIpc) is 3.30. The Balaban J connectivity index is 1.67. The van der Waals surface area contributed by atoms with Gasteiger partial charge in [0.15, 0.2) is 0 Å². The summed E-state index contributed by atoms with van der Waals surface area (Å²) in [5.41, 5.74) is 3.27. The Morgan fingerprint density at radius 1 is 1.29 bits per heavy atom. The summed E-state index contributed by atoms with van der Waals surface area (Å²) >= 11 is 3.45. The number of benzene rings is 1. The molecule has 21 heavy (non-hydrogen) atoms. The van der Waals surface area contributed by atoms with Gasteiger partial charge in [0.05, 0.1) is 0 Å². The van der Waals surface area contributed by atoms with Crippen LogP contribution in [0.5, 0.6) is 5.75 Å². The van der Waals surface area contributed by atoms with E-state index in [0.29, 0.717) is 12.6 Å². The summed E-state index contributed by atoms with van der Waals surface area (Å²) in [7, 11) is 0. The van der Waals surface area contributed by atoms with Crippen molar-refractivity contribution < 1.29 is 4.74 Å². The van der Waals surface area contributed by atoms with E-state index in [1.807, 2.05) is 31.3 Å². The van der Waals surface area contributed by atoms with Gasteiger partial charge >= 0.3 is 0 Å². The molecule has 0 radical (unpaired) electrons. The van der Waals surface area contributed by atoms with Crippen LogP contribution in [0.15, 0.2) is 41.0 Å². The quantitative estimate of drug-likeness (QED) is 0.858. The van der Waals surface area contributed by atoms with E-state index in [4.69, 9.17) is 4.74 Å². The van der Waals surface area contributed by atoms with Gasteiger partial charge in [0.25, 0.3) is 0 Å². The van der Waals surface area contributed by atoms with Crippen LogP contribution in [0.4, 0.5) is 0 Å². The summed E-state index contributed by atoms with van der Waals surface area (Å²) in [6.45, 7) is 3.39. The number of ether oxygens (including phenoxy) is 1. The standard InChI is InChI=1S/C17H19BrN2O/c1-12-8-17(14(9-19-12)10-20-16-6-7-16)21-11-13-2-4-15(18)5-3-13/h2-5,8-9,16,20H,6-7,10-11H2,1H3. The molecular formula is C17H19BrN2O. The molecule has 0 saturated heterocycles. The van der Waals surface area contributed by atoms with Gasteiger partial charge in [-0.2, -0.15) is 0 Å². The minimum Gasteiger partial charge on any atom is -0.488 e. The Morgan fingerprint density at radius 2 is 2.05 bits per heavy atom.